The predicted molar refractivity (Wildman–Crippen MR) is 120 cm³/mol. The average molecular weight is 497 g/mol. The van der Waals surface area contributed by atoms with E-state index in [9.17, 15) is 31.7 Å². The summed E-state index contributed by atoms with van der Waals surface area (Å²) in [6, 6.07) is 14.8. The van der Waals surface area contributed by atoms with Crippen LogP contribution in [0.15, 0.2) is 81.4 Å². The molecule has 11 heteroatoms. The van der Waals surface area contributed by atoms with E-state index < -0.39 is 32.4 Å². The molecule has 3 rings (SSSR count). The van der Waals surface area contributed by atoms with E-state index in [2.05, 4.69) is 4.72 Å². The summed E-state index contributed by atoms with van der Waals surface area (Å²) in [7, 11) is -3.97. The van der Waals surface area contributed by atoms with Crippen LogP contribution in [0.3, 0.4) is 0 Å². The zero-order valence-electron chi connectivity index (χ0n) is 17.5. The summed E-state index contributed by atoms with van der Waals surface area (Å²) in [4.78, 5) is 10.8. The first-order chi connectivity index (χ1) is 15.4. The molecule has 0 aromatic heterocycles. The summed E-state index contributed by atoms with van der Waals surface area (Å²) in [6.07, 6.45) is -4.73. The Labute approximate surface area is 193 Å². The third-order valence-electron chi connectivity index (χ3n) is 4.69. The molecule has 174 valence electrons. The molecule has 0 radical (unpaired) electrons. The number of nitro benzene ring substituents is 1. The maximum Gasteiger partial charge on any atom is 0.416 e. The highest BCUT2D eigenvalue weighted by Gasteiger charge is 2.33. The molecule has 0 aliphatic carbocycles. The normalized spacial score (nSPS) is 12.1. The van der Waals surface area contributed by atoms with Gasteiger partial charge < -0.3 is 0 Å². The van der Waals surface area contributed by atoms with Crippen molar-refractivity contribution < 1.29 is 26.5 Å². The second-order valence-electron chi connectivity index (χ2n) is 7.36. The van der Waals surface area contributed by atoms with Crippen LogP contribution >= 0.6 is 11.8 Å². The van der Waals surface area contributed by atoms with Gasteiger partial charge in [-0.15, -0.1) is 0 Å². The lowest BCUT2D eigenvalue weighted by Gasteiger charge is -2.14. The highest BCUT2D eigenvalue weighted by Crippen LogP contribution is 2.41. The Morgan fingerprint density at radius 1 is 0.970 bits per heavy atom. The van der Waals surface area contributed by atoms with Crippen LogP contribution in [0.2, 0.25) is 0 Å². The topological polar surface area (TPSA) is 89.3 Å². The number of rotatable bonds is 7. The molecule has 3 aromatic rings. The summed E-state index contributed by atoms with van der Waals surface area (Å²) < 4.78 is 67.1. The minimum atomic E-state index is -4.73. The molecule has 0 saturated carbocycles. The van der Waals surface area contributed by atoms with E-state index in [0.717, 1.165) is 29.5 Å². The second kappa shape index (κ2) is 9.44. The molecular formula is C22H19F3N2O4S2. The Kier molecular flexibility index (Phi) is 7.03. The lowest BCUT2D eigenvalue weighted by molar-refractivity contribution is -0.388. The van der Waals surface area contributed by atoms with Gasteiger partial charge >= 0.3 is 6.18 Å². The maximum atomic E-state index is 13.0. The molecule has 0 aliphatic heterocycles. The molecule has 6 nitrogen and oxygen atoms in total. The summed E-state index contributed by atoms with van der Waals surface area (Å²) in [6.45, 7) is 3.96. The van der Waals surface area contributed by atoms with E-state index in [1.54, 1.807) is 24.3 Å². The van der Waals surface area contributed by atoms with Gasteiger partial charge in [0.25, 0.3) is 15.7 Å². The van der Waals surface area contributed by atoms with Crippen LogP contribution in [-0.4, -0.2) is 13.3 Å². The number of nitrogens with one attached hydrogen (secondary N) is 1. The standard InChI is InChI=1S/C22H19F3N2O4S2/c1-14(2)15-7-10-17(11-8-15)33(30,31)26-18-5-3-4-6-20(18)32-21-12-9-16(22(23,24)25)13-19(21)27(28)29/h3-14,26H,1-2H3. The molecule has 0 fully saturated rings. The van der Waals surface area contributed by atoms with Crippen molar-refractivity contribution in [1.29, 1.82) is 0 Å². The van der Waals surface area contributed by atoms with Gasteiger partial charge in [0.1, 0.15) is 0 Å². The Morgan fingerprint density at radius 3 is 2.18 bits per heavy atom. The second-order valence-corrected chi connectivity index (χ2v) is 10.1. The molecule has 0 spiro atoms. The first kappa shape index (κ1) is 24.6. The van der Waals surface area contributed by atoms with Gasteiger partial charge in [-0.25, -0.2) is 8.42 Å². The van der Waals surface area contributed by atoms with Gasteiger partial charge in [0.2, 0.25) is 0 Å². The Hall–Kier alpha value is -3.05. The highest BCUT2D eigenvalue weighted by atomic mass is 32.2. The number of nitrogens with zero attached hydrogens (tertiary/aromatic N) is 1. The lowest BCUT2D eigenvalue weighted by atomic mass is 10.0. The molecule has 0 heterocycles. The number of para-hydroxylation sites is 1. The van der Waals surface area contributed by atoms with Crippen molar-refractivity contribution in [1.82, 2.24) is 0 Å². The van der Waals surface area contributed by atoms with Gasteiger partial charge in [-0.3, -0.25) is 14.8 Å². The fourth-order valence-corrected chi connectivity index (χ4v) is 5.05. The number of nitro groups is 1. The van der Waals surface area contributed by atoms with E-state index in [4.69, 9.17) is 0 Å². The third-order valence-corrected chi connectivity index (χ3v) is 7.21. The van der Waals surface area contributed by atoms with Crippen molar-refractivity contribution in [3.05, 3.63) is 88.0 Å². The number of alkyl halides is 3. The van der Waals surface area contributed by atoms with Gasteiger partial charge in [0.15, 0.2) is 0 Å². The molecule has 33 heavy (non-hydrogen) atoms. The van der Waals surface area contributed by atoms with Crippen molar-refractivity contribution in [3.8, 4) is 0 Å². The van der Waals surface area contributed by atoms with Crippen LogP contribution in [0.4, 0.5) is 24.5 Å². The van der Waals surface area contributed by atoms with Gasteiger partial charge in [0.05, 0.1) is 26.0 Å². The number of sulfonamides is 1. The van der Waals surface area contributed by atoms with Crippen LogP contribution in [0, 0.1) is 10.1 Å². The number of anilines is 1. The Bertz CT molecular complexity index is 1280. The van der Waals surface area contributed by atoms with Gasteiger partial charge in [-0.05, 0) is 47.9 Å². The monoisotopic (exact) mass is 496 g/mol. The van der Waals surface area contributed by atoms with Gasteiger partial charge in [-0.2, -0.15) is 13.2 Å². The molecule has 0 bridgehead atoms. The maximum absolute atomic E-state index is 13.0. The average Bonchev–Trinajstić information content (AvgIpc) is 2.74. The summed E-state index contributed by atoms with van der Waals surface area (Å²) in [5.41, 5.74) is -0.752. The van der Waals surface area contributed by atoms with Crippen molar-refractivity contribution in [2.75, 3.05) is 4.72 Å². The van der Waals surface area contributed by atoms with Crippen LogP contribution in [0.1, 0.15) is 30.9 Å². The van der Waals surface area contributed by atoms with Crippen LogP contribution in [0.25, 0.3) is 0 Å². The predicted octanol–water partition coefficient (Wildman–Crippen LogP) is 6.69. The van der Waals surface area contributed by atoms with Crippen LogP contribution in [-0.2, 0) is 16.2 Å². The molecule has 0 aliphatic rings. The van der Waals surface area contributed by atoms with Crippen molar-refractivity contribution in [3.63, 3.8) is 0 Å². The molecule has 3 aromatic carbocycles. The van der Waals surface area contributed by atoms with E-state index in [-0.39, 0.29) is 21.4 Å². The number of halogens is 3. The Morgan fingerprint density at radius 2 is 1.61 bits per heavy atom. The first-order valence-electron chi connectivity index (χ1n) is 9.64. The van der Waals surface area contributed by atoms with Crippen molar-refractivity contribution >= 4 is 33.2 Å². The smallest absolute Gasteiger partial charge is 0.278 e. The SMILES string of the molecule is CC(C)c1ccc(S(=O)(=O)Nc2ccccc2Sc2ccc(C(F)(F)F)cc2[N+](=O)[O-])cc1. The lowest BCUT2D eigenvalue weighted by Crippen LogP contribution is -2.13. The van der Waals surface area contributed by atoms with Gasteiger partial charge in [0, 0.05) is 11.0 Å². The number of hydrogen-bond acceptors (Lipinski definition) is 5. The zero-order chi connectivity index (χ0) is 24.4. The van der Waals surface area contributed by atoms with Gasteiger partial charge in [-0.1, -0.05) is 49.9 Å². The van der Waals surface area contributed by atoms with E-state index in [0.29, 0.717) is 11.0 Å². The van der Waals surface area contributed by atoms with E-state index in [1.165, 1.54) is 24.3 Å². The van der Waals surface area contributed by atoms with Crippen molar-refractivity contribution in [2.45, 2.75) is 40.6 Å². The van der Waals surface area contributed by atoms with E-state index in [1.807, 2.05) is 13.8 Å². The summed E-state index contributed by atoms with van der Waals surface area (Å²) in [5.74, 6) is 0.228. The van der Waals surface area contributed by atoms with E-state index >= 15 is 0 Å². The fraction of sp³-hybridized carbons (Fsp3) is 0.182. The molecule has 0 atom stereocenters. The summed E-state index contributed by atoms with van der Waals surface area (Å²) in [5, 5.41) is 11.4. The third kappa shape index (κ3) is 5.85. The summed E-state index contributed by atoms with van der Waals surface area (Å²) >= 11 is 0.795. The minimum Gasteiger partial charge on any atom is -0.278 e. The molecular weight excluding hydrogens is 477 g/mol. The molecule has 1 N–H and O–H groups in total. The fourth-order valence-electron chi connectivity index (χ4n) is 2.92. The number of hydrogen-bond donors (Lipinski definition) is 1. The molecule has 0 unspecified atom stereocenters. The number of benzene rings is 3. The Balaban J connectivity index is 1.93. The minimum absolute atomic E-state index is 0.0345. The molecule has 0 saturated heterocycles. The molecule has 0 amide bonds. The highest BCUT2D eigenvalue weighted by molar-refractivity contribution is 7.99. The zero-order valence-corrected chi connectivity index (χ0v) is 19.1. The van der Waals surface area contributed by atoms with Crippen molar-refractivity contribution in [2.24, 2.45) is 0 Å². The largest absolute Gasteiger partial charge is 0.416 e. The van der Waals surface area contributed by atoms with Crippen LogP contribution in [0.5, 0.6) is 0 Å². The quantitative estimate of drug-likeness (QED) is 0.291. The first-order valence-corrected chi connectivity index (χ1v) is 11.9. The van der Waals surface area contributed by atoms with Crippen LogP contribution < -0.4 is 4.72 Å².